The van der Waals surface area contributed by atoms with Crippen molar-refractivity contribution < 1.29 is 14.3 Å². The summed E-state index contributed by atoms with van der Waals surface area (Å²) < 4.78 is 10.7. The number of nitrogens with one attached hydrogen (secondary N) is 1. The van der Waals surface area contributed by atoms with Crippen molar-refractivity contribution in [2.45, 2.75) is 13.0 Å². The largest absolute Gasteiger partial charge is 0.497 e. The van der Waals surface area contributed by atoms with Gasteiger partial charge in [-0.1, -0.05) is 0 Å². The molecule has 0 bridgehead atoms. The minimum atomic E-state index is -0.186. The molecule has 0 spiro atoms. The number of rotatable bonds is 5. The van der Waals surface area contributed by atoms with Crippen LogP contribution in [-0.4, -0.2) is 61.3 Å². The number of ether oxygens (including phenoxy) is 2. The van der Waals surface area contributed by atoms with Crippen molar-refractivity contribution in [3.05, 3.63) is 42.2 Å². The molecule has 1 atom stereocenters. The third-order valence-corrected chi connectivity index (χ3v) is 4.65. The highest BCUT2D eigenvalue weighted by Crippen LogP contribution is 2.29. The molecule has 8 nitrogen and oxygen atoms in total. The second-order valence-corrected chi connectivity index (χ2v) is 6.30. The highest BCUT2D eigenvalue weighted by atomic mass is 16.5. The second-order valence-electron chi connectivity index (χ2n) is 6.30. The van der Waals surface area contributed by atoms with Gasteiger partial charge >= 0.3 is 6.03 Å². The Morgan fingerprint density at radius 1 is 1.11 bits per heavy atom. The van der Waals surface area contributed by atoms with Gasteiger partial charge in [-0.2, -0.15) is 0 Å². The fraction of sp³-hybridized carbons (Fsp3) is 0.421. The molecule has 27 heavy (non-hydrogen) atoms. The zero-order valence-electron chi connectivity index (χ0n) is 15.9. The molecule has 0 aliphatic carbocycles. The lowest BCUT2D eigenvalue weighted by molar-refractivity contribution is 0.190. The maximum atomic E-state index is 12.6. The third-order valence-electron chi connectivity index (χ3n) is 4.65. The van der Waals surface area contributed by atoms with E-state index in [0.717, 1.165) is 5.56 Å². The fourth-order valence-corrected chi connectivity index (χ4v) is 3.09. The maximum Gasteiger partial charge on any atom is 0.317 e. The van der Waals surface area contributed by atoms with Crippen molar-refractivity contribution in [3.8, 4) is 11.5 Å². The Kier molecular flexibility index (Phi) is 5.95. The zero-order chi connectivity index (χ0) is 19.2. The molecule has 2 heterocycles. The summed E-state index contributed by atoms with van der Waals surface area (Å²) in [6.07, 6.45) is 3.46. The van der Waals surface area contributed by atoms with Crippen LogP contribution < -0.4 is 19.7 Å². The highest BCUT2D eigenvalue weighted by molar-refractivity contribution is 5.75. The van der Waals surface area contributed by atoms with Crippen molar-refractivity contribution in [2.75, 3.05) is 45.3 Å². The molecule has 1 unspecified atom stereocenters. The van der Waals surface area contributed by atoms with Crippen LogP contribution in [0, 0.1) is 0 Å². The molecule has 1 aliphatic rings. The monoisotopic (exact) mass is 371 g/mol. The Morgan fingerprint density at radius 3 is 2.44 bits per heavy atom. The quantitative estimate of drug-likeness (QED) is 0.867. The number of nitrogens with zero attached hydrogens (tertiary/aromatic N) is 4. The van der Waals surface area contributed by atoms with E-state index in [9.17, 15) is 4.79 Å². The van der Waals surface area contributed by atoms with E-state index < -0.39 is 0 Å². The van der Waals surface area contributed by atoms with Gasteiger partial charge in [0.15, 0.2) is 0 Å². The third kappa shape index (κ3) is 4.39. The predicted molar refractivity (Wildman–Crippen MR) is 102 cm³/mol. The first-order valence-electron chi connectivity index (χ1n) is 8.91. The van der Waals surface area contributed by atoms with Crippen LogP contribution in [0.5, 0.6) is 11.5 Å². The van der Waals surface area contributed by atoms with Crippen molar-refractivity contribution in [3.63, 3.8) is 0 Å². The normalized spacial score (nSPS) is 15.2. The standard InChI is InChI=1S/C19H25N5O3/c1-14(16-6-5-15(26-2)13-17(16)27-3)22-19(25)24-11-9-23(10-12-24)18-20-7-4-8-21-18/h4-8,13-14H,9-12H2,1-3H3,(H,22,25). The van der Waals surface area contributed by atoms with Crippen LogP contribution in [0.4, 0.5) is 10.7 Å². The van der Waals surface area contributed by atoms with E-state index in [1.165, 1.54) is 0 Å². The molecule has 2 amide bonds. The van der Waals surface area contributed by atoms with E-state index in [1.807, 2.05) is 30.0 Å². The van der Waals surface area contributed by atoms with Gasteiger partial charge in [0, 0.05) is 50.2 Å². The topological polar surface area (TPSA) is 79.8 Å². The SMILES string of the molecule is COc1ccc(C(C)NC(=O)N2CCN(c3ncccn3)CC2)c(OC)c1. The van der Waals surface area contributed by atoms with E-state index >= 15 is 0 Å². The molecule has 1 saturated heterocycles. The van der Waals surface area contributed by atoms with Crippen LogP contribution in [0.1, 0.15) is 18.5 Å². The predicted octanol–water partition coefficient (Wildman–Crippen LogP) is 2.09. The van der Waals surface area contributed by atoms with E-state index in [4.69, 9.17) is 9.47 Å². The minimum Gasteiger partial charge on any atom is -0.497 e. The van der Waals surface area contributed by atoms with Gasteiger partial charge in [0.05, 0.1) is 20.3 Å². The number of hydrogen-bond acceptors (Lipinski definition) is 6. The molecule has 144 valence electrons. The summed E-state index contributed by atoms with van der Waals surface area (Å²) in [6, 6.07) is 7.10. The Balaban J connectivity index is 1.58. The van der Waals surface area contributed by atoms with Gasteiger partial charge in [0.1, 0.15) is 11.5 Å². The summed E-state index contributed by atoms with van der Waals surface area (Å²) in [5, 5.41) is 3.05. The van der Waals surface area contributed by atoms with Gasteiger partial charge in [-0.05, 0) is 25.1 Å². The highest BCUT2D eigenvalue weighted by Gasteiger charge is 2.24. The van der Waals surface area contributed by atoms with Crippen molar-refractivity contribution in [1.29, 1.82) is 0 Å². The van der Waals surface area contributed by atoms with Gasteiger partial charge in [0.25, 0.3) is 0 Å². The molecule has 1 N–H and O–H groups in total. The lowest BCUT2D eigenvalue weighted by Crippen LogP contribution is -2.52. The number of benzene rings is 1. The van der Waals surface area contributed by atoms with Crippen LogP contribution in [0.25, 0.3) is 0 Å². The van der Waals surface area contributed by atoms with Gasteiger partial charge in [-0.15, -0.1) is 0 Å². The number of urea groups is 1. The van der Waals surface area contributed by atoms with Crippen LogP contribution in [-0.2, 0) is 0 Å². The zero-order valence-corrected chi connectivity index (χ0v) is 15.9. The summed E-state index contributed by atoms with van der Waals surface area (Å²) >= 11 is 0. The summed E-state index contributed by atoms with van der Waals surface area (Å²) in [6.45, 7) is 4.60. The van der Waals surface area contributed by atoms with E-state index in [1.54, 1.807) is 32.7 Å². The van der Waals surface area contributed by atoms with Gasteiger partial charge in [-0.25, -0.2) is 14.8 Å². The summed E-state index contributed by atoms with van der Waals surface area (Å²) in [5.41, 5.74) is 0.906. The van der Waals surface area contributed by atoms with E-state index in [-0.39, 0.29) is 12.1 Å². The summed E-state index contributed by atoms with van der Waals surface area (Å²) in [5.74, 6) is 2.11. The maximum absolute atomic E-state index is 12.6. The fourth-order valence-electron chi connectivity index (χ4n) is 3.09. The number of amides is 2. The van der Waals surface area contributed by atoms with Gasteiger partial charge < -0.3 is 24.6 Å². The number of aromatic nitrogens is 2. The first-order chi connectivity index (χ1) is 13.1. The molecule has 1 aromatic carbocycles. The number of anilines is 1. The van der Waals surface area contributed by atoms with Crippen molar-refractivity contribution in [1.82, 2.24) is 20.2 Å². The number of hydrogen-bond donors (Lipinski definition) is 1. The lowest BCUT2D eigenvalue weighted by Gasteiger charge is -2.35. The Bertz CT molecular complexity index is 763. The number of methoxy groups -OCH3 is 2. The molecule has 2 aromatic rings. The Morgan fingerprint density at radius 2 is 1.81 bits per heavy atom. The van der Waals surface area contributed by atoms with Crippen LogP contribution in [0.2, 0.25) is 0 Å². The molecule has 0 saturated carbocycles. The molecular weight excluding hydrogens is 346 g/mol. The number of piperazine rings is 1. The van der Waals surface area contributed by atoms with Crippen LogP contribution in [0.15, 0.2) is 36.7 Å². The second kappa shape index (κ2) is 8.57. The summed E-state index contributed by atoms with van der Waals surface area (Å²) in [4.78, 5) is 25.1. The number of carbonyl (C=O) groups excluding carboxylic acids is 1. The van der Waals surface area contributed by atoms with Gasteiger partial charge in [0.2, 0.25) is 5.95 Å². The molecule has 1 aliphatic heterocycles. The average molecular weight is 371 g/mol. The van der Waals surface area contributed by atoms with Crippen molar-refractivity contribution in [2.24, 2.45) is 0 Å². The first kappa shape index (κ1) is 18.8. The van der Waals surface area contributed by atoms with Crippen LogP contribution >= 0.6 is 0 Å². The smallest absolute Gasteiger partial charge is 0.317 e. The Labute approximate surface area is 159 Å². The molecule has 0 radical (unpaired) electrons. The average Bonchev–Trinajstić information content (AvgIpc) is 2.73. The van der Waals surface area contributed by atoms with Crippen LogP contribution in [0.3, 0.4) is 0 Å². The van der Waals surface area contributed by atoms with Gasteiger partial charge in [-0.3, -0.25) is 0 Å². The minimum absolute atomic E-state index is 0.0889. The molecule has 1 aromatic heterocycles. The number of carbonyl (C=O) groups is 1. The van der Waals surface area contributed by atoms with Crippen molar-refractivity contribution >= 4 is 12.0 Å². The first-order valence-corrected chi connectivity index (χ1v) is 8.91. The summed E-state index contributed by atoms with van der Waals surface area (Å²) in [7, 11) is 3.22. The van der Waals surface area contributed by atoms with E-state index in [0.29, 0.717) is 43.6 Å². The Hall–Kier alpha value is -3.03. The van der Waals surface area contributed by atoms with E-state index in [2.05, 4.69) is 20.2 Å². The molecule has 8 heteroatoms. The molecule has 3 rings (SSSR count). The lowest BCUT2D eigenvalue weighted by atomic mass is 10.1. The molecule has 1 fully saturated rings. The molecular formula is C19H25N5O3.